The molecular formula is C49H86O15. The van der Waals surface area contributed by atoms with Crippen LogP contribution in [-0.2, 0) is 38.0 Å². The lowest BCUT2D eigenvalue weighted by Gasteiger charge is -2.42. The average molecular weight is 915 g/mol. The summed E-state index contributed by atoms with van der Waals surface area (Å²) in [6.07, 6.45) is 20.3. The van der Waals surface area contributed by atoms with Crippen LogP contribution in [0.25, 0.3) is 0 Å². The Labute approximate surface area is 383 Å². The maximum Gasteiger partial charge on any atom is 0.306 e. The average Bonchev–Trinajstić information content (AvgIpc) is 3.29. The van der Waals surface area contributed by atoms with Gasteiger partial charge in [0.15, 0.2) is 18.7 Å². The molecule has 15 heteroatoms. The van der Waals surface area contributed by atoms with Gasteiger partial charge in [-0.1, -0.05) is 121 Å². The fourth-order valence-corrected chi connectivity index (χ4v) is 7.48. The molecule has 4 unspecified atom stereocenters. The van der Waals surface area contributed by atoms with E-state index in [0.29, 0.717) is 12.8 Å². The van der Waals surface area contributed by atoms with Crippen LogP contribution in [0.2, 0.25) is 0 Å². The quantitative estimate of drug-likeness (QED) is 0.0211. The van der Waals surface area contributed by atoms with Crippen LogP contribution in [0.4, 0.5) is 0 Å². The molecule has 0 aromatic heterocycles. The topological polar surface area (TPSA) is 231 Å². The first kappa shape index (κ1) is 57.8. The molecule has 0 aliphatic carbocycles. The molecule has 15 nitrogen and oxygen atoms in total. The zero-order valence-corrected chi connectivity index (χ0v) is 39.0. The molecule has 0 aromatic carbocycles. The van der Waals surface area contributed by atoms with Crippen molar-refractivity contribution >= 4 is 11.9 Å². The van der Waals surface area contributed by atoms with Gasteiger partial charge in [0.2, 0.25) is 0 Å². The second kappa shape index (κ2) is 36.8. The van der Waals surface area contributed by atoms with Crippen molar-refractivity contribution in [3.8, 4) is 0 Å². The van der Waals surface area contributed by atoms with E-state index in [2.05, 4.69) is 50.3 Å². The van der Waals surface area contributed by atoms with E-state index in [1.807, 2.05) is 0 Å². The predicted octanol–water partition coefficient (Wildman–Crippen LogP) is 6.15. The maximum atomic E-state index is 13.0. The van der Waals surface area contributed by atoms with Crippen molar-refractivity contribution in [1.82, 2.24) is 0 Å². The van der Waals surface area contributed by atoms with Crippen LogP contribution in [0.5, 0.6) is 0 Å². The summed E-state index contributed by atoms with van der Waals surface area (Å²) in [5.74, 6) is -0.961. The van der Waals surface area contributed by atoms with Crippen LogP contribution in [0, 0.1) is 0 Å². The summed E-state index contributed by atoms with van der Waals surface area (Å²) in [5.41, 5.74) is 0. The SMILES string of the molecule is CCCCC/C=C/C/C=C/CCCCCCCC(=O)O[C@H](COC(=O)CCCCC/C=C/CCCCCCCC)CO[C@@H]1O[C@H](CO[C@@H]2O[C@H](CO)[C@H](O)C(O)C2O)[C@H](O)C(O)C1O. The van der Waals surface area contributed by atoms with Crippen molar-refractivity contribution in [1.29, 1.82) is 0 Å². The standard InChI is InChI=1S/C49H86O15/c1-3-5-7-9-11-13-15-17-18-20-22-24-26-28-30-32-41(52)62-37(34-59-40(51)31-29-27-25-23-21-19-16-14-12-10-8-6-4-2)35-60-48-47(58)45(56)43(54)39(64-48)36-61-49-46(57)44(55)42(53)38(33-50)63-49/h11,13,17-19,21,37-39,42-50,53-58H,3-10,12,14-16,20,22-36H2,1-2H3/b13-11+,18-17+,21-19+/t37-,38-,39-,42+,43+,44?,45?,46?,47?,48-,49-/m1/s1. The molecule has 2 fully saturated rings. The van der Waals surface area contributed by atoms with Crippen LogP contribution in [0.3, 0.4) is 0 Å². The van der Waals surface area contributed by atoms with Gasteiger partial charge in [0, 0.05) is 12.8 Å². The Hall–Kier alpha value is -2.28. The van der Waals surface area contributed by atoms with E-state index in [-0.39, 0.29) is 19.4 Å². The maximum absolute atomic E-state index is 13.0. The van der Waals surface area contributed by atoms with Gasteiger partial charge < -0.3 is 64.2 Å². The summed E-state index contributed by atoms with van der Waals surface area (Å²) in [5, 5.41) is 72.0. The molecule has 0 aromatic rings. The molecule has 2 saturated heterocycles. The lowest BCUT2D eigenvalue weighted by molar-refractivity contribution is -0.332. The number of hydrogen-bond donors (Lipinski definition) is 7. The zero-order valence-electron chi connectivity index (χ0n) is 39.0. The Balaban J connectivity index is 1.85. The minimum Gasteiger partial charge on any atom is -0.462 e. The molecule has 0 saturated carbocycles. The Morgan fingerprint density at radius 1 is 0.500 bits per heavy atom. The Morgan fingerprint density at radius 2 is 0.938 bits per heavy atom. The molecule has 2 aliphatic heterocycles. The monoisotopic (exact) mass is 915 g/mol. The Kier molecular flexibility index (Phi) is 33.3. The van der Waals surface area contributed by atoms with Gasteiger partial charge in [0.05, 0.1) is 19.8 Å². The van der Waals surface area contributed by atoms with Gasteiger partial charge in [-0.05, 0) is 70.6 Å². The lowest BCUT2D eigenvalue weighted by Crippen LogP contribution is -2.61. The fraction of sp³-hybridized carbons (Fsp3) is 0.837. The highest BCUT2D eigenvalue weighted by molar-refractivity contribution is 5.70. The van der Waals surface area contributed by atoms with Crippen molar-refractivity contribution in [2.45, 2.75) is 235 Å². The first-order chi connectivity index (χ1) is 31.0. The largest absolute Gasteiger partial charge is 0.462 e. The van der Waals surface area contributed by atoms with E-state index in [4.69, 9.17) is 28.4 Å². The minimum absolute atomic E-state index is 0.146. The molecule has 0 amide bonds. The Bertz CT molecular complexity index is 1260. The number of allylic oxidation sites excluding steroid dienone is 6. The third kappa shape index (κ3) is 25.0. The normalized spacial score (nSPS) is 26.9. The molecule has 0 spiro atoms. The highest BCUT2D eigenvalue weighted by atomic mass is 16.7. The van der Waals surface area contributed by atoms with Crippen LogP contribution in [-0.4, -0.2) is 142 Å². The first-order valence-electron chi connectivity index (χ1n) is 24.6. The second-order valence-corrected chi connectivity index (χ2v) is 17.3. The van der Waals surface area contributed by atoms with Gasteiger partial charge in [-0.2, -0.15) is 0 Å². The van der Waals surface area contributed by atoms with Crippen molar-refractivity contribution in [3.05, 3.63) is 36.5 Å². The van der Waals surface area contributed by atoms with E-state index < -0.39 is 99.3 Å². The third-order valence-corrected chi connectivity index (χ3v) is 11.6. The number of esters is 2. The number of aliphatic hydroxyl groups excluding tert-OH is 7. The molecule has 2 aliphatic rings. The fourth-order valence-electron chi connectivity index (χ4n) is 7.48. The van der Waals surface area contributed by atoms with Gasteiger partial charge in [-0.25, -0.2) is 0 Å². The Morgan fingerprint density at radius 3 is 1.52 bits per heavy atom. The number of rotatable bonds is 37. The second-order valence-electron chi connectivity index (χ2n) is 17.3. The molecule has 7 N–H and O–H groups in total. The predicted molar refractivity (Wildman–Crippen MR) is 243 cm³/mol. The van der Waals surface area contributed by atoms with Crippen LogP contribution in [0.1, 0.15) is 168 Å². The van der Waals surface area contributed by atoms with Gasteiger partial charge in [-0.15, -0.1) is 0 Å². The van der Waals surface area contributed by atoms with Crippen molar-refractivity contribution < 1.29 is 73.8 Å². The summed E-state index contributed by atoms with van der Waals surface area (Å²) >= 11 is 0. The molecule has 2 rings (SSSR count). The summed E-state index contributed by atoms with van der Waals surface area (Å²) in [7, 11) is 0. The van der Waals surface area contributed by atoms with E-state index in [9.17, 15) is 45.3 Å². The number of unbranched alkanes of at least 4 members (excludes halogenated alkanes) is 17. The van der Waals surface area contributed by atoms with Gasteiger partial charge in [-0.3, -0.25) is 9.59 Å². The summed E-state index contributed by atoms with van der Waals surface area (Å²) in [6, 6.07) is 0. The summed E-state index contributed by atoms with van der Waals surface area (Å²) in [4.78, 5) is 25.7. The molecule has 0 bridgehead atoms. The molecular weight excluding hydrogens is 829 g/mol. The molecule has 64 heavy (non-hydrogen) atoms. The highest BCUT2D eigenvalue weighted by Gasteiger charge is 2.47. The van der Waals surface area contributed by atoms with E-state index >= 15 is 0 Å². The summed E-state index contributed by atoms with van der Waals surface area (Å²) in [6.45, 7) is 2.51. The van der Waals surface area contributed by atoms with Gasteiger partial charge in [0.1, 0.15) is 55.4 Å². The molecule has 0 radical (unpaired) electrons. The number of carbonyl (C=O) groups excluding carboxylic acids is 2. The third-order valence-electron chi connectivity index (χ3n) is 11.6. The first-order valence-corrected chi connectivity index (χ1v) is 24.6. The van der Waals surface area contributed by atoms with E-state index in [1.165, 1.54) is 57.8 Å². The smallest absolute Gasteiger partial charge is 0.306 e. The van der Waals surface area contributed by atoms with Crippen molar-refractivity contribution in [2.24, 2.45) is 0 Å². The highest BCUT2D eigenvalue weighted by Crippen LogP contribution is 2.26. The minimum atomic E-state index is -1.77. The van der Waals surface area contributed by atoms with Gasteiger partial charge >= 0.3 is 11.9 Å². The van der Waals surface area contributed by atoms with E-state index in [1.54, 1.807) is 0 Å². The van der Waals surface area contributed by atoms with Crippen LogP contribution in [0.15, 0.2) is 36.5 Å². The van der Waals surface area contributed by atoms with Crippen molar-refractivity contribution in [2.75, 3.05) is 26.4 Å². The van der Waals surface area contributed by atoms with Crippen molar-refractivity contribution in [3.63, 3.8) is 0 Å². The zero-order chi connectivity index (χ0) is 46.8. The molecule has 372 valence electrons. The number of ether oxygens (including phenoxy) is 6. The number of carbonyl (C=O) groups is 2. The summed E-state index contributed by atoms with van der Waals surface area (Å²) < 4.78 is 33.5. The lowest BCUT2D eigenvalue weighted by atomic mass is 9.98. The molecule has 2 heterocycles. The van der Waals surface area contributed by atoms with E-state index in [0.717, 1.165) is 70.6 Å². The van der Waals surface area contributed by atoms with Crippen LogP contribution < -0.4 is 0 Å². The number of hydrogen-bond acceptors (Lipinski definition) is 15. The van der Waals surface area contributed by atoms with Crippen LogP contribution >= 0.6 is 0 Å². The molecule has 11 atom stereocenters. The number of aliphatic hydroxyl groups is 7. The van der Waals surface area contributed by atoms with Gasteiger partial charge in [0.25, 0.3) is 0 Å².